The third-order valence-corrected chi connectivity index (χ3v) is 3.15. The van der Waals surface area contributed by atoms with Crippen molar-refractivity contribution >= 4 is 8.46 Å². The zero-order valence-electron chi connectivity index (χ0n) is 6.79. The van der Waals surface area contributed by atoms with E-state index in [2.05, 4.69) is 0 Å². The predicted octanol–water partition coefficient (Wildman–Crippen LogP) is 2.42. The van der Waals surface area contributed by atoms with Gasteiger partial charge >= 0.3 is 0 Å². The highest BCUT2D eigenvalue weighted by Gasteiger charge is 2.31. The molecular weight excluding hydrogens is 147 g/mol. The monoisotopic (exact) mass is 162 g/mol. The third-order valence-electron chi connectivity index (χ3n) is 2.08. The van der Waals surface area contributed by atoms with Crippen LogP contribution in [-0.2, 0) is 4.57 Å². The molecule has 2 unspecified atom stereocenters. The Morgan fingerprint density at radius 3 is 2.20 bits per heavy atom. The van der Waals surface area contributed by atoms with Gasteiger partial charge in [0.2, 0.25) is 0 Å². The van der Waals surface area contributed by atoms with Crippen molar-refractivity contribution in [1.29, 1.82) is 0 Å². The highest BCUT2D eigenvalue weighted by Crippen LogP contribution is 2.33. The van der Waals surface area contributed by atoms with E-state index in [1.54, 1.807) is 0 Å². The molecule has 0 aliphatic heterocycles. The Hall–Kier alpha value is 0.0600. The minimum atomic E-state index is -0.991. The Morgan fingerprint density at radius 1 is 1.60 bits per heavy atom. The lowest BCUT2D eigenvalue weighted by atomic mass is 9.99. The van der Waals surface area contributed by atoms with E-state index in [0.29, 0.717) is 6.42 Å². The summed E-state index contributed by atoms with van der Waals surface area (Å²) in [6, 6.07) is 0. The third kappa shape index (κ3) is 2.03. The van der Waals surface area contributed by atoms with Crippen molar-refractivity contribution in [3.63, 3.8) is 0 Å². The lowest BCUT2D eigenvalue weighted by Crippen LogP contribution is -2.28. The quantitative estimate of drug-likeness (QED) is 0.644. The van der Waals surface area contributed by atoms with E-state index in [-0.39, 0.29) is 14.4 Å². The van der Waals surface area contributed by atoms with Gasteiger partial charge in [-0.1, -0.05) is 27.2 Å². The summed E-state index contributed by atoms with van der Waals surface area (Å²) < 4.78 is 10.5. The number of hydrogen-bond donors (Lipinski definition) is 1. The average molecular weight is 162 g/mol. The van der Waals surface area contributed by atoms with E-state index in [1.807, 2.05) is 20.8 Å². The summed E-state index contributed by atoms with van der Waals surface area (Å²) in [7, 11) is -0.147. The summed E-state index contributed by atoms with van der Waals surface area (Å²) in [6.07, 6.45) is 1.41. The van der Waals surface area contributed by atoms with Gasteiger partial charge in [-0.3, -0.25) is 4.57 Å². The van der Waals surface area contributed by atoms with E-state index in [0.717, 1.165) is 6.42 Å². The van der Waals surface area contributed by atoms with E-state index >= 15 is 0 Å². The first-order valence-electron chi connectivity index (χ1n) is 3.67. The second-order valence-electron chi connectivity index (χ2n) is 2.63. The topological polar surface area (TPSA) is 37.3 Å². The lowest BCUT2D eigenvalue weighted by Gasteiger charge is -2.24. The van der Waals surface area contributed by atoms with E-state index in [1.165, 1.54) is 0 Å². The molecular formula is C7H15O2P. The molecule has 3 heteroatoms. The molecule has 0 aromatic rings. The van der Waals surface area contributed by atoms with Crippen LogP contribution in [0.4, 0.5) is 0 Å². The van der Waals surface area contributed by atoms with Gasteiger partial charge in [-0.25, -0.2) is 0 Å². The van der Waals surface area contributed by atoms with Crippen molar-refractivity contribution in [2.24, 2.45) is 5.92 Å². The second-order valence-corrected chi connectivity index (χ2v) is 3.59. The van der Waals surface area contributed by atoms with Crippen LogP contribution in [0.5, 0.6) is 0 Å². The molecule has 0 spiro atoms. The van der Waals surface area contributed by atoms with Crippen LogP contribution in [0.15, 0.2) is 0 Å². The van der Waals surface area contributed by atoms with Crippen LogP contribution in [0.1, 0.15) is 33.6 Å². The van der Waals surface area contributed by atoms with Gasteiger partial charge in [0.1, 0.15) is 5.34 Å². The molecule has 0 radical (unpaired) electrons. The van der Waals surface area contributed by atoms with Crippen LogP contribution in [0, 0.1) is 5.92 Å². The largest absolute Gasteiger partial charge is 0.377 e. The van der Waals surface area contributed by atoms with Gasteiger partial charge in [0.05, 0.1) is 0 Å². The molecule has 0 aromatic heterocycles. The SMILES string of the molecule is CCC(C)C(O)(CC)P=O. The molecule has 1 N–H and O–H groups in total. The maximum absolute atomic E-state index is 10.5. The predicted molar refractivity (Wildman–Crippen MR) is 42.3 cm³/mol. The molecule has 60 valence electrons. The van der Waals surface area contributed by atoms with Gasteiger partial charge in [0.15, 0.2) is 8.46 Å². The average Bonchev–Trinajstić information content (AvgIpc) is 2.01. The number of aliphatic hydroxyl groups is 1. The molecule has 0 heterocycles. The molecule has 0 aliphatic rings. The fraction of sp³-hybridized carbons (Fsp3) is 1.00. The van der Waals surface area contributed by atoms with Crippen molar-refractivity contribution in [2.45, 2.75) is 39.0 Å². The van der Waals surface area contributed by atoms with Gasteiger partial charge in [0, 0.05) is 0 Å². The number of hydrogen-bond acceptors (Lipinski definition) is 2. The van der Waals surface area contributed by atoms with Crippen molar-refractivity contribution < 1.29 is 9.67 Å². The van der Waals surface area contributed by atoms with Gasteiger partial charge < -0.3 is 5.11 Å². The van der Waals surface area contributed by atoms with Crippen molar-refractivity contribution in [3.8, 4) is 0 Å². The van der Waals surface area contributed by atoms with Gasteiger partial charge in [-0.15, -0.1) is 0 Å². The highest BCUT2D eigenvalue weighted by molar-refractivity contribution is 7.25. The first-order chi connectivity index (χ1) is 4.60. The van der Waals surface area contributed by atoms with Crippen LogP contribution in [0.3, 0.4) is 0 Å². The summed E-state index contributed by atoms with van der Waals surface area (Å²) >= 11 is 0. The van der Waals surface area contributed by atoms with Crippen molar-refractivity contribution in [1.82, 2.24) is 0 Å². The van der Waals surface area contributed by atoms with Gasteiger partial charge in [0.25, 0.3) is 0 Å². The second kappa shape index (κ2) is 4.05. The van der Waals surface area contributed by atoms with Crippen LogP contribution < -0.4 is 0 Å². The maximum atomic E-state index is 10.5. The molecule has 0 aromatic carbocycles. The first kappa shape index (κ1) is 10.1. The van der Waals surface area contributed by atoms with Crippen LogP contribution in [0.25, 0.3) is 0 Å². The smallest absolute Gasteiger partial charge is 0.190 e. The standard InChI is InChI=1S/C7H15O2P/c1-4-6(3)7(8,5-2)10-9/h6,8H,4-5H2,1-3H3. The van der Waals surface area contributed by atoms with E-state index < -0.39 is 5.34 Å². The Labute approximate surface area is 63.8 Å². The summed E-state index contributed by atoms with van der Waals surface area (Å²) in [6.45, 7) is 5.74. The van der Waals surface area contributed by atoms with Crippen molar-refractivity contribution in [2.75, 3.05) is 0 Å². The molecule has 2 atom stereocenters. The maximum Gasteiger partial charge on any atom is 0.190 e. The molecule has 0 saturated heterocycles. The summed E-state index contributed by atoms with van der Waals surface area (Å²) in [4.78, 5) is 0. The molecule has 10 heavy (non-hydrogen) atoms. The Kier molecular flexibility index (Phi) is 4.07. The Balaban J connectivity index is 4.16. The minimum absolute atomic E-state index is 0.108. The van der Waals surface area contributed by atoms with Gasteiger partial charge in [-0.2, -0.15) is 0 Å². The lowest BCUT2D eigenvalue weighted by molar-refractivity contribution is 0.0677. The Bertz CT molecular complexity index is 116. The number of rotatable bonds is 4. The Morgan fingerprint density at radius 2 is 2.10 bits per heavy atom. The van der Waals surface area contributed by atoms with Crippen LogP contribution in [0.2, 0.25) is 0 Å². The minimum Gasteiger partial charge on any atom is -0.377 e. The van der Waals surface area contributed by atoms with Crippen LogP contribution >= 0.6 is 8.46 Å². The van der Waals surface area contributed by atoms with E-state index in [9.17, 15) is 9.67 Å². The summed E-state index contributed by atoms with van der Waals surface area (Å²) in [5.41, 5.74) is 0. The molecule has 2 nitrogen and oxygen atoms in total. The molecule has 0 saturated carbocycles. The zero-order valence-corrected chi connectivity index (χ0v) is 7.69. The van der Waals surface area contributed by atoms with E-state index in [4.69, 9.17) is 0 Å². The van der Waals surface area contributed by atoms with Crippen LogP contribution in [-0.4, -0.2) is 10.4 Å². The van der Waals surface area contributed by atoms with Gasteiger partial charge in [-0.05, 0) is 12.3 Å². The summed E-state index contributed by atoms with van der Waals surface area (Å²) in [5.74, 6) is 0.108. The fourth-order valence-corrected chi connectivity index (χ4v) is 1.32. The zero-order chi connectivity index (χ0) is 8.20. The first-order valence-corrected chi connectivity index (χ1v) is 4.48. The molecule has 0 rings (SSSR count). The molecule has 0 amide bonds. The summed E-state index contributed by atoms with van der Waals surface area (Å²) in [5, 5.41) is 8.58. The molecule has 0 fully saturated rings. The van der Waals surface area contributed by atoms with Crippen molar-refractivity contribution in [3.05, 3.63) is 0 Å². The molecule has 0 bridgehead atoms. The fourth-order valence-electron chi connectivity index (χ4n) is 0.830. The molecule has 0 aliphatic carbocycles. The highest BCUT2D eigenvalue weighted by atomic mass is 31.1. The normalized spacial score (nSPS) is 20.4.